The molecule has 0 spiro atoms. The summed E-state index contributed by atoms with van der Waals surface area (Å²) in [6.07, 6.45) is 13.1. The molecule has 0 bridgehead atoms. The molecule has 0 radical (unpaired) electrons. The molecule has 0 aliphatic heterocycles. The lowest BCUT2D eigenvalue weighted by molar-refractivity contribution is 0.401. The van der Waals surface area contributed by atoms with Gasteiger partial charge in [-0.15, -0.1) is 0 Å². The summed E-state index contributed by atoms with van der Waals surface area (Å²) in [5.41, 5.74) is 13.2. The first kappa shape index (κ1) is 19.0. The van der Waals surface area contributed by atoms with Gasteiger partial charge < -0.3 is 5.73 Å². The van der Waals surface area contributed by atoms with Crippen molar-refractivity contribution in [1.82, 2.24) is 0 Å². The first-order valence-electron chi connectivity index (χ1n) is 10.7. The molecule has 26 heavy (non-hydrogen) atoms. The highest BCUT2D eigenvalue weighted by atomic mass is 14.6. The van der Waals surface area contributed by atoms with Gasteiger partial charge in [-0.25, -0.2) is 0 Å². The van der Waals surface area contributed by atoms with E-state index in [0.717, 1.165) is 5.69 Å². The lowest BCUT2D eigenvalue weighted by Gasteiger charge is -2.33. The zero-order chi connectivity index (χ0) is 18.4. The molecule has 2 aromatic carbocycles. The molecule has 2 aromatic rings. The van der Waals surface area contributed by atoms with Crippen molar-refractivity contribution in [2.24, 2.45) is 0 Å². The van der Waals surface area contributed by atoms with Crippen LogP contribution >= 0.6 is 0 Å². The highest BCUT2D eigenvalue weighted by Crippen LogP contribution is 2.54. The van der Waals surface area contributed by atoms with Gasteiger partial charge in [0.1, 0.15) is 0 Å². The lowest BCUT2D eigenvalue weighted by atomic mass is 9.70. The quantitative estimate of drug-likeness (QED) is 0.349. The third-order valence-electron chi connectivity index (χ3n) is 6.21. The molecule has 0 saturated carbocycles. The summed E-state index contributed by atoms with van der Waals surface area (Å²) in [7, 11) is 0. The van der Waals surface area contributed by atoms with E-state index in [1.165, 1.54) is 80.9 Å². The van der Waals surface area contributed by atoms with E-state index in [1.54, 1.807) is 5.56 Å². The van der Waals surface area contributed by atoms with Crippen molar-refractivity contribution in [2.45, 2.75) is 83.5 Å². The van der Waals surface area contributed by atoms with E-state index >= 15 is 0 Å². The van der Waals surface area contributed by atoms with Gasteiger partial charge in [-0.2, -0.15) is 0 Å². The van der Waals surface area contributed by atoms with Gasteiger partial charge in [0.2, 0.25) is 0 Å². The van der Waals surface area contributed by atoms with E-state index < -0.39 is 0 Å². The average molecular weight is 350 g/mol. The predicted octanol–water partition coefficient (Wildman–Crippen LogP) is 7.48. The standard InChI is InChI=1S/C25H35N/c1-3-5-7-11-17-25(18-12-8-6-4-2)23-14-10-9-13-21(23)22-16-15-20(26)19-24(22)25/h9-10,13-16,19H,3-8,11-12,17-18,26H2,1-2H3. The van der Waals surface area contributed by atoms with Crippen LogP contribution in [0.4, 0.5) is 5.69 Å². The molecule has 3 rings (SSSR count). The first-order valence-corrected chi connectivity index (χ1v) is 10.7. The van der Waals surface area contributed by atoms with E-state index in [2.05, 4.69) is 56.3 Å². The number of anilines is 1. The fraction of sp³-hybridized carbons (Fsp3) is 0.520. The van der Waals surface area contributed by atoms with Crippen LogP contribution in [0.25, 0.3) is 11.1 Å². The van der Waals surface area contributed by atoms with E-state index in [-0.39, 0.29) is 5.41 Å². The molecule has 0 heterocycles. The van der Waals surface area contributed by atoms with Crippen molar-refractivity contribution in [3.8, 4) is 11.1 Å². The highest BCUT2D eigenvalue weighted by Gasteiger charge is 2.41. The molecule has 0 atom stereocenters. The minimum absolute atomic E-state index is 0.169. The van der Waals surface area contributed by atoms with Gasteiger partial charge in [-0.1, -0.05) is 95.5 Å². The summed E-state index contributed by atoms with van der Waals surface area (Å²) in [5, 5.41) is 0. The molecule has 0 aromatic heterocycles. The fourth-order valence-electron chi connectivity index (χ4n) is 4.84. The molecule has 140 valence electrons. The van der Waals surface area contributed by atoms with Crippen LogP contribution in [0.15, 0.2) is 42.5 Å². The number of nitrogens with two attached hydrogens (primary N) is 1. The Morgan fingerprint density at radius 2 is 1.31 bits per heavy atom. The molecule has 1 aliphatic rings. The van der Waals surface area contributed by atoms with Crippen LogP contribution in [0.2, 0.25) is 0 Å². The summed E-state index contributed by atoms with van der Waals surface area (Å²) in [5.74, 6) is 0. The van der Waals surface area contributed by atoms with Gasteiger partial charge in [-0.05, 0) is 47.2 Å². The van der Waals surface area contributed by atoms with Gasteiger partial charge in [0.25, 0.3) is 0 Å². The third-order valence-corrected chi connectivity index (χ3v) is 6.21. The Kier molecular flexibility index (Phi) is 6.40. The Morgan fingerprint density at radius 1 is 0.692 bits per heavy atom. The Balaban J connectivity index is 1.98. The van der Waals surface area contributed by atoms with E-state index in [9.17, 15) is 0 Å². The van der Waals surface area contributed by atoms with Crippen LogP contribution in [0, 0.1) is 0 Å². The first-order chi connectivity index (χ1) is 12.7. The Bertz CT molecular complexity index is 704. The zero-order valence-corrected chi connectivity index (χ0v) is 16.7. The highest BCUT2D eigenvalue weighted by molar-refractivity contribution is 5.82. The number of hydrogen-bond acceptors (Lipinski definition) is 1. The van der Waals surface area contributed by atoms with Crippen LogP contribution in [-0.4, -0.2) is 0 Å². The second-order valence-electron chi connectivity index (χ2n) is 8.05. The second kappa shape index (κ2) is 8.75. The molecule has 0 unspecified atom stereocenters. The zero-order valence-electron chi connectivity index (χ0n) is 16.7. The van der Waals surface area contributed by atoms with Crippen LogP contribution < -0.4 is 5.73 Å². The van der Waals surface area contributed by atoms with Crippen molar-refractivity contribution < 1.29 is 0 Å². The molecule has 2 N–H and O–H groups in total. The smallest absolute Gasteiger partial charge is 0.0317 e. The summed E-state index contributed by atoms with van der Waals surface area (Å²) < 4.78 is 0. The molecular weight excluding hydrogens is 314 g/mol. The SMILES string of the molecule is CCCCCCC1(CCCCCC)c2ccccc2-c2ccc(N)cc21. The monoisotopic (exact) mass is 349 g/mol. The van der Waals surface area contributed by atoms with Crippen molar-refractivity contribution in [2.75, 3.05) is 5.73 Å². The number of benzene rings is 2. The van der Waals surface area contributed by atoms with Gasteiger partial charge in [0, 0.05) is 11.1 Å². The summed E-state index contributed by atoms with van der Waals surface area (Å²) in [4.78, 5) is 0. The summed E-state index contributed by atoms with van der Waals surface area (Å²) in [6, 6.07) is 15.7. The molecule has 0 saturated heterocycles. The Hall–Kier alpha value is -1.76. The van der Waals surface area contributed by atoms with Crippen LogP contribution in [0.1, 0.15) is 89.2 Å². The van der Waals surface area contributed by atoms with Gasteiger partial charge >= 0.3 is 0 Å². The average Bonchev–Trinajstić information content (AvgIpc) is 2.92. The summed E-state index contributed by atoms with van der Waals surface area (Å²) >= 11 is 0. The molecular formula is C25H35N. The maximum absolute atomic E-state index is 6.24. The molecule has 0 fully saturated rings. The van der Waals surface area contributed by atoms with Crippen LogP contribution in [0.5, 0.6) is 0 Å². The normalized spacial score (nSPS) is 14.2. The van der Waals surface area contributed by atoms with Gasteiger partial charge in [0.05, 0.1) is 0 Å². The number of unbranched alkanes of at least 4 members (excludes halogenated alkanes) is 6. The topological polar surface area (TPSA) is 26.0 Å². The molecule has 1 aliphatic carbocycles. The van der Waals surface area contributed by atoms with Crippen LogP contribution in [-0.2, 0) is 5.41 Å². The third kappa shape index (κ3) is 3.68. The largest absolute Gasteiger partial charge is 0.399 e. The van der Waals surface area contributed by atoms with Crippen molar-refractivity contribution >= 4 is 5.69 Å². The van der Waals surface area contributed by atoms with E-state index in [1.807, 2.05) is 0 Å². The predicted molar refractivity (Wildman–Crippen MR) is 115 cm³/mol. The fourth-order valence-corrected chi connectivity index (χ4v) is 4.84. The van der Waals surface area contributed by atoms with Crippen molar-refractivity contribution in [3.05, 3.63) is 53.6 Å². The summed E-state index contributed by atoms with van der Waals surface area (Å²) in [6.45, 7) is 4.59. The number of hydrogen-bond donors (Lipinski definition) is 1. The maximum atomic E-state index is 6.24. The van der Waals surface area contributed by atoms with E-state index in [4.69, 9.17) is 5.73 Å². The number of fused-ring (bicyclic) bond motifs is 3. The maximum Gasteiger partial charge on any atom is 0.0317 e. The molecule has 0 amide bonds. The lowest BCUT2D eigenvalue weighted by Crippen LogP contribution is -2.25. The van der Waals surface area contributed by atoms with E-state index in [0.29, 0.717) is 0 Å². The van der Waals surface area contributed by atoms with Crippen LogP contribution in [0.3, 0.4) is 0 Å². The Morgan fingerprint density at radius 3 is 1.96 bits per heavy atom. The minimum atomic E-state index is 0.169. The Labute approximate surface area is 160 Å². The minimum Gasteiger partial charge on any atom is -0.399 e. The van der Waals surface area contributed by atoms with Crippen molar-refractivity contribution in [3.63, 3.8) is 0 Å². The number of rotatable bonds is 10. The van der Waals surface area contributed by atoms with Crippen molar-refractivity contribution in [1.29, 1.82) is 0 Å². The second-order valence-corrected chi connectivity index (χ2v) is 8.05. The number of nitrogen functional groups attached to an aromatic ring is 1. The molecule has 1 heteroatoms. The molecule has 1 nitrogen and oxygen atoms in total. The van der Waals surface area contributed by atoms with Gasteiger partial charge in [-0.3, -0.25) is 0 Å². The van der Waals surface area contributed by atoms with Gasteiger partial charge in [0.15, 0.2) is 0 Å².